The third-order valence-corrected chi connectivity index (χ3v) is 1.78. The molecule has 6 heteroatoms. The van der Waals surface area contributed by atoms with Crippen molar-refractivity contribution in [2.24, 2.45) is 0 Å². The minimum absolute atomic E-state index is 0.169. The minimum Gasteiger partial charge on any atom is -0.477 e. The van der Waals surface area contributed by atoms with Gasteiger partial charge in [0, 0.05) is 11.8 Å². The van der Waals surface area contributed by atoms with E-state index in [4.69, 9.17) is 15.5 Å². The number of aliphatic hydroxyl groups excluding tert-OH is 2. The molecule has 1 aromatic rings. The molecule has 0 spiro atoms. The summed E-state index contributed by atoms with van der Waals surface area (Å²) in [4.78, 5) is 14.0. The molecule has 15 heavy (non-hydrogen) atoms. The molecule has 0 fully saturated rings. The Bertz CT molecular complexity index is 396. The van der Waals surface area contributed by atoms with Crippen molar-refractivity contribution < 1.29 is 20.1 Å². The lowest BCUT2D eigenvalue weighted by Crippen LogP contribution is -2.16. The molecule has 1 rings (SSSR count). The van der Waals surface area contributed by atoms with Crippen molar-refractivity contribution in [2.75, 3.05) is 0 Å². The van der Waals surface area contributed by atoms with Gasteiger partial charge in [-0.2, -0.15) is 5.26 Å². The number of carboxylic acids is 1. The first kappa shape index (κ1) is 11.1. The summed E-state index contributed by atoms with van der Waals surface area (Å²) in [5.41, 5.74) is 0.0199. The second kappa shape index (κ2) is 4.50. The summed E-state index contributed by atoms with van der Waals surface area (Å²) < 4.78 is 0. The van der Waals surface area contributed by atoms with E-state index >= 15 is 0 Å². The Morgan fingerprint density at radius 1 is 1.47 bits per heavy atom. The van der Waals surface area contributed by atoms with Crippen LogP contribution in [0.25, 0.3) is 0 Å². The summed E-state index contributed by atoms with van der Waals surface area (Å²) in [6.45, 7) is 0. The zero-order valence-electron chi connectivity index (χ0n) is 7.53. The number of nitriles is 1. The van der Waals surface area contributed by atoms with E-state index in [1.54, 1.807) is 0 Å². The van der Waals surface area contributed by atoms with Crippen molar-refractivity contribution in [1.82, 2.24) is 4.98 Å². The highest BCUT2D eigenvalue weighted by Crippen LogP contribution is 2.15. The SMILES string of the molecule is N#CC(O)C(O)c1ccc(C(=O)O)nc1. The summed E-state index contributed by atoms with van der Waals surface area (Å²) in [6.07, 6.45) is -1.83. The molecule has 0 saturated carbocycles. The van der Waals surface area contributed by atoms with Crippen LogP contribution in [0.5, 0.6) is 0 Å². The van der Waals surface area contributed by atoms with E-state index < -0.39 is 18.2 Å². The van der Waals surface area contributed by atoms with Crippen LogP contribution in [0.3, 0.4) is 0 Å². The van der Waals surface area contributed by atoms with E-state index in [0.717, 1.165) is 6.20 Å². The van der Waals surface area contributed by atoms with E-state index in [2.05, 4.69) is 4.98 Å². The number of hydrogen-bond acceptors (Lipinski definition) is 5. The van der Waals surface area contributed by atoms with Crippen LogP contribution in [-0.2, 0) is 0 Å². The van der Waals surface area contributed by atoms with Crippen molar-refractivity contribution in [3.05, 3.63) is 29.6 Å². The molecular formula is C9H8N2O4. The minimum atomic E-state index is -1.55. The maximum absolute atomic E-state index is 10.4. The van der Waals surface area contributed by atoms with Gasteiger partial charge >= 0.3 is 5.97 Å². The Morgan fingerprint density at radius 3 is 2.53 bits per heavy atom. The molecule has 0 saturated heterocycles. The maximum Gasteiger partial charge on any atom is 0.354 e. The van der Waals surface area contributed by atoms with Crippen molar-refractivity contribution in [3.63, 3.8) is 0 Å². The zero-order valence-corrected chi connectivity index (χ0v) is 7.53. The molecule has 1 aromatic heterocycles. The van der Waals surface area contributed by atoms with Gasteiger partial charge in [-0.05, 0) is 6.07 Å². The summed E-state index contributed by atoms with van der Waals surface area (Å²) in [6, 6.07) is 3.94. The number of rotatable bonds is 3. The smallest absolute Gasteiger partial charge is 0.354 e. The number of aromatic carboxylic acids is 1. The van der Waals surface area contributed by atoms with Crippen LogP contribution in [0.1, 0.15) is 22.2 Å². The first-order valence-electron chi connectivity index (χ1n) is 4.01. The van der Waals surface area contributed by atoms with Gasteiger partial charge in [-0.15, -0.1) is 0 Å². The van der Waals surface area contributed by atoms with E-state index in [0.29, 0.717) is 0 Å². The fourth-order valence-corrected chi connectivity index (χ4v) is 0.960. The number of nitrogens with zero attached hydrogens (tertiary/aromatic N) is 2. The van der Waals surface area contributed by atoms with Gasteiger partial charge in [-0.1, -0.05) is 6.07 Å². The van der Waals surface area contributed by atoms with Crippen LogP contribution in [0.4, 0.5) is 0 Å². The summed E-state index contributed by atoms with van der Waals surface area (Å²) in [5, 5.41) is 35.2. The third-order valence-electron chi connectivity index (χ3n) is 1.78. The van der Waals surface area contributed by atoms with E-state index in [-0.39, 0.29) is 11.3 Å². The number of carbonyl (C=O) groups is 1. The maximum atomic E-state index is 10.4. The quantitative estimate of drug-likeness (QED) is 0.587. The molecule has 0 amide bonds. The lowest BCUT2D eigenvalue weighted by Gasteiger charge is -2.10. The van der Waals surface area contributed by atoms with Gasteiger partial charge in [0.25, 0.3) is 0 Å². The van der Waals surface area contributed by atoms with Crippen LogP contribution in [0, 0.1) is 11.3 Å². The van der Waals surface area contributed by atoms with Crippen LogP contribution in [0.15, 0.2) is 18.3 Å². The van der Waals surface area contributed by atoms with Crippen LogP contribution in [0.2, 0.25) is 0 Å². The number of aliphatic hydroxyl groups is 2. The highest BCUT2D eigenvalue weighted by atomic mass is 16.4. The fourth-order valence-electron chi connectivity index (χ4n) is 0.960. The predicted molar refractivity (Wildman–Crippen MR) is 47.8 cm³/mol. The average molecular weight is 208 g/mol. The number of carboxylic acid groups (broad SMARTS) is 1. The number of aromatic nitrogens is 1. The van der Waals surface area contributed by atoms with Crippen molar-refractivity contribution in [1.29, 1.82) is 5.26 Å². The van der Waals surface area contributed by atoms with Crippen molar-refractivity contribution in [2.45, 2.75) is 12.2 Å². The summed E-state index contributed by atoms with van der Waals surface area (Å²) in [7, 11) is 0. The Kier molecular flexibility index (Phi) is 3.33. The monoisotopic (exact) mass is 208 g/mol. The second-order valence-electron chi connectivity index (χ2n) is 2.80. The Morgan fingerprint density at radius 2 is 2.13 bits per heavy atom. The Balaban J connectivity index is 2.90. The van der Waals surface area contributed by atoms with Crippen LogP contribution < -0.4 is 0 Å². The molecular weight excluding hydrogens is 200 g/mol. The standard InChI is InChI=1S/C9H8N2O4/c10-3-7(12)8(13)5-1-2-6(9(14)15)11-4-5/h1-2,4,7-8,12-13H,(H,14,15). The lowest BCUT2D eigenvalue weighted by atomic mass is 10.1. The van der Waals surface area contributed by atoms with Gasteiger partial charge < -0.3 is 15.3 Å². The van der Waals surface area contributed by atoms with Gasteiger partial charge in [-0.3, -0.25) is 0 Å². The van der Waals surface area contributed by atoms with Crippen LogP contribution in [-0.4, -0.2) is 32.4 Å². The van der Waals surface area contributed by atoms with Crippen LogP contribution >= 0.6 is 0 Å². The molecule has 78 valence electrons. The molecule has 0 radical (unpaired) electrons. The molecule has 0 aliphatic carbocycles. The highest BCUT2D eigenvalue weighted by Gasteiger charge is 2.18. The summed E-state index contributed by atoms with van der Waals surface area (Å²) >= 11 is 0. The van der Waals surface area contributed by atoms with Gasteiger partial charge in [0.05, 0.1) is 6.07 Å². The molecule has 6 nitrogen and oxygen atoms in total. The highest BCUT2D eigenvalue weighted by molar-refractivity contribution is 5.85. The third kappa shape index (κ3) is 2.49. The predicted octanol–water partition coefficient (Wildman–Crippen LogP) is -0.302. The second-order valence-corrected chi connectivity index (χ2v) is 2.80. The normalized spacial score (nSPS) is 13.9. The van der Waals surface area contributed by atoms with E-state index in [1.807, 2.05) is 0 Å². The van der Waals surface area contributed by atoms with E-state index in [1.165, 1.54) is 18.2 Å². The molecule has 0 aromatic carbocycles. The molecule has 3 N–H and O–H groups in total. The molecule has 2 unspecified atom stereocenters. The molecule has 0 bridgehead atoms. The molecule has 2 atom stereocenters. The summed E-state index contributed by atoms with van der Waals surface area (Å²) in [5.74, 6) is -1.18. The van der Waals surface area contributed by atoms with Gasteiger partial charge in [0.1, 0.15) is 11.8 Å². The Labute approximate surface area is 85.0 Å². The molecule has 0 aliphatic rings. The first-order valence-corrected chi connectivity index (χ1v) is 4.01. The molecule has 0 aliphatic heterocycles. The number of pyridine rings is 1. The van der Waals surface area contributed by atoms with Crippen molar-refractivity contribution >= 4 is 5.97 Å². The van der Waals surface area contributed by atoms with Gasteiger partial charge in [0.2, 0.25) is 0 Å². The topological polar surface area (TPSA) is 114 Å². The first-order chi connectivity index (χ1) is 7.06. The number of hydrogen-bond donors (Lipinski definition) is 3. The van der Waals surface area contributed by atoms with Crippen molar-refractivity contribution in [3.8, 4) is 6.07 Å². The van der Waals surface area contributed by atoms with Gasteiger partial charge in [-0.25, -0.2) is 9.78 Å². The average Bonchev–Trinajstić information content (AvgIpc) is 2.27. The zero-order chi connectivity index (χ0) is 11.4. The van der Waals surface area contributed by atoms with E-state index in [9.17, 15) is 9.90 Å². The van der Waals surface area contributed by atoms with Gasteiger partial charge in [0.15, 0.2) is 6.10 Å². The lowest BCUT2D eigenvalue weighted by molar-refractivity contribution is 0.0524. The largest absolute Gasteiger partial charge is 0.477 e. The molecule has 1 heterocycles. The fraction of sp³-hybridized carbons (Fsp3) is 0.222. The Hall–Kier alpha value is -1.97.